The Hall–Kier alpha value is -2.25. The molecule has 130 valence electrons. The molecule has 0 saturated heterocycles. The third kappa shape index (κ3) is 3.88. The highest BCUT2D eigenvalue weighted by Gasteiger charge is 2.15. The van der Waals surface area contributed by atoms with E-state index in [0.717, 1.165) is 17.0 Å². The van der Waals surface area contributed by atoms with E-state index in [0.29, 0.717) is 27.3 Å². The lowest BCUT2D eigenvalue weighted by atomic mass is 10.2. The van der Waals surface area contributed by atoms with Gasteiger partial charge in [0, 0.05) is 22.0 Å². The number of benzene rings is 1. The summed E-state index contributed by atoms with van der Waals surface area (Å²) in [6.45, 7) is 3.82. The van der Waals surface area contributed by atoms with Crippen LogP contribution in [0.1, 0.15) is 21.7 Å². The maximum Gasteiger partial charge on any atom is 0.209 e. The second-order valence-electron chi connectivity index (χ2n) is 5.51. The number of ether oxygens (including phenoxy) is 1. The van der Waals surface area contributed by atoms with E-state index in [1.54, 1.807) is 25.3 Å². The van der Waals surface area contributed by atoms with E-state index < -0.39 is 0 Å². The third-order valence-electron chi connectivity index (χ3n) is 3.66. The van der Waals surface area contributed by atoms with Crippen molar-refractivity contribution in [3.05, 3.63) is 46.2 Å². The summed E-state index contributed by atoms with van der Waals surface area (Å²) >= 11 is 7.33. The van der Waals surface area contributed by atoms with Gasteiger partial charge in [0.2, 0.25) is 5.16 Å². The number of ketones is 1. The highest BCUT2D eigenvalue weighted by molar-refractivity contribution is 7.99. The predicted octanol–water partition coefficient (Wildman–Crippen LogP) is 4.05. The molecule has 0 aliphatic heterocycles. The van der Waals surface area contributed by atoms with Gasteiger partial charge in [-0.15, -0.1) is 5.10 Å². The van der Waals surface area contributed by atoms with Gasteiger partial charge in [0.1, 0.15) is 5.75 Å². The molecule has 0 aliphatic rings. The number of carbonyl (C=O) groups excluding carboxylic acids is 1. The Labute approximate surface area is 154 Å². The summed E-state index contributed by atoms with van der Waals surface area (Å²) in [6, 6.07) is 7.13. The molecule has 0 fully saturated rings. The van der Waals surface area contributed by atoms with E-state index in [9.17, 15) is 4.79 Å². The zero-order valence-corrected chi connectivity index (χ0v) is 15.6. The Morgan fingerprint density at radius 3 is 2.80 bits per heavy atom. The first-order chi connectivity index (χ1) is 12.0. The third-order valence-corrected chi connectivity index (χ3v) is 4.75. The summed E-state index contributed by atoms with van der Waals surface area (Å²) in [4.78, 5) is 19.9. The molecule has 8 heteroatoms. The molecule has 0 aliphatic carbocycles. The van der Waals surface area contributed by atoms with E-state index in [1.165, 1.54) is 11.8 Å². The van der Waals surface area contributed by atoms with Crippen molar-refractivity contribution in [2.75, 3.05) is 12.9 Å². The molecular weight excluding hydrogens is 360 g/mol. The number of halogens is 1. The van der Waals surface area contributed by atoms with Crippen molar-refractivity contribution >= 4 is 29.1 Å². The number of aromatic amines is 2. The number of hydrogen-bond donors (Lipinski definition) is 2. The minimum Gasteiger partial charge on any atom is -0.496 e. The van der Waals surface area contributed by atoms with Crippen LogP contribution in [0.25, 0.3) is 11.4 Å². The minimum atomic E-state index is 0.0403. The molecular formula is C17H17ClN4O2S. The van der Waals surface area contributed by atoms with E-state index in [2.05, 4.69) is 20.2 Å². The number of rotatable bonds is 6. The molecule has 25 heavy (non-hydrogen) atoms. The Balaban J connectivity index is 1.73. The predicted molar refractivity (Wildman–Crippen MR) is 98.7 cm³/mol. The van der Waals surface area contributed by atoms with Crippen molar-refractivity contribution in [3.8, 4) is 17.1 Å². The number of nitrogens with zero attached hydrogens (tertiary/aromatic N) is 2. The van der Waals surface area contributed by atoms with Crippen molar-refractivity contribution in [1.82, 2.24) is 20.2 Å². The maximum atomic E-state index is 12.3. The van der Waals surface area contributed by atoms with Crippen LogP contribution < -0.4 is 4.74 Å². The van der Waals surface area contributed by atoms with Crippen LogP contribution in [0.3, 0.4) is 0 Å². The first-order valence-electron chi connectivity index (χ1n) is 7.56. The molecule has 0 spiro atoms. The molecule has 2 heterocycles. The van der Waals surface area contributed by atoms with Crippen LogP contribution in [-0.4, -0.2) is 38.8 Å². The van der Waals surface area contributed by atoms with Gasteiger partial charge in [-0.05, 0) is 38.1 Å². The first kappa shape index (κ1) is 17.6. The van der Waals surface area contributed by atoms with Crippen molar-refractivity contribution in [2.24, 2.45) is 0 Å². The smallest absolute Gasteiger partial charge is 0.209 e. The Morgan fingerprint density at radius 2 is 2.12 bits per heavy atom. The average molecular weight is 377 g/mol. The molecule has 0 saturated carbocycles. The van der Waals surface area contributed by atoms with Crippen molar-refractivity contribution in [2.45, 2.75) is 19.0 Å². The quantitative estimate of drug-likeness (QED) is 0.500. The van der Waals surface area contributed by atoms with Crippen molar-refractivity contribution < 1.29 is 9.53 Å². The Morgan fingerprint density at radius 1 is 1.32 bits per heavy atom. The van der Waals surface area contributed by atoms with Crippen LogP contribution in [-0.2, 0) is 0 Å². The lowest BCUT2D eigenvalue weighted by molar-refractivity contribution is 0.102. The summed E-state index contributed by atoms with van der Waals surface area (Å²) < 4.78 is 5.32. The highest BCUT2D eigenvalue weighted by atomic mass is 35.5. The van der Waals surface area contributed by atoms with Crippen molar-refractivity contribution in [3.63, 3.8) is 0 Å². The number of hydrogen-bond acceptors (Lipinski definition) is 5. The van der Waals surface area contributed by atoms with Gasteiger partial charge >= 0.3 is 0 Å². The van der Waals surface area contributed by atoms with Crippen LogP contribution in [0.5, 0.6) is 5.75 Å². The van der Waals surface area contributed by atoms with Gasteiger partial charge in [-0.1, -0.05) is 23.4 Å². The van der Waals surface area contributed by atoms with Crippen LogP contribution in [0, 0.1) is 13.8 Å². The fraction of sp³-hybridized carbons (Fsp3) is 0.235. The van der Waals surface area contributed by atoms with E-state index >= 15 is 0 Å². The number of aryl methyl sites for hydroxylation is 2. The molecule has 1 aromatic carbocycles. The van der Waals surface area contributed by atoms with E-state index in [4.69, 9.17) is 16.3 Å². The van der Waals surface area contributed by atoms with E-state index in [1.807, 2.05) is 19.9 Å². The first-order valence-corrected chi connectivity index (χ1v) is 8.93. The van der Waals surface area contributed by atoms with Crippen molar-refractivity contribution in [1.29, 1.82) is 0 Å². The number of carbonyl (C=O) groups is 1. The standard InChI is InChI=1S/C17H17ClN4O2S/c1-9-6-12(10(2)19-9)14(23)8-25-17-20-16(21-22-17)13-7-11(18)4-5-15(13)24-3/h4-7,19H,8H2,1-3H3,(H,20,21,22). The molecule has 0 bridgehead atoms. The summed E-state index contributed by atoms with van der Waals surface area (Å²) in [6.07, 6.45) is 0. The summed E-state index contributed by atoms with van der Waals surface area (Å²) in [7, 11) is 1.58. The van der Waals surface area contributed by atoms with Gasteiger partial charge in [-0.3, -0.25) is 9.89 Å². The van der Waals surface area contributed by atoms with Gasteiger partial charge in [-0.2, -0.15) is 0 Å². The SMILES string of the molecule is COc1ccc(Cl)cc1-c1nc(SCC(=O)c2cc(C)[nH]c2C)n[nH]1. The van der Waals surface area contributed by atoms with Gasteiger partial charge in [0.25, 0.3) is 0 Å². The molecule has 2 N–H and O–H groups in total. The lowest BCUT2D eigenvalue weighted by Gasteiger charge is -2.05. The summed E-state index contributed by atoms with van der Waals surface area (Å²) in [5, 5.41) is 8.10. The Kier molecular flexibility index (Phi) is 5.15. The maximum absolute atomic E-state index is 12.3. The fourth-order valence-electron chi connectivity index (χ4n) is 2.52. The van der Waals surface area contributed by atoms with Gasteiger partial charge in [0.15, 0.2) is 11.6 Å². The highest BCUT2D eigenvalue weighted by Crippen LogP contribution is 2.31. The number of methoxy groups -OCH3 is 1. The minimum absolute atomic E-state index is 0.0403. The van der Waals surface area contributed by atoms with Gasteiger partial charge < -0.3 is 9.72 Å². The largest absolute Gasteiger partial charge is 0.496 e. The second kappa shape index (κ2) is 7.33. The molecule has 0 radical (unpaired) electrons. The fourth-order valence-corrected chi connectivity index (χ4v) is 3.37. The molecule has 0 unspecified atom stereocenters. The zero-order valence-electron chi connectivity index (χ0n) is 14.0. The molecule has 0 amide bonds. The average Bonchev–Trinajstić information content (AvgIpc) is 3.19. The van der Waals surface area contributed by atoms with Crippen LogP contribution >= 0.6 is 23.4 Å². The van der Waals surface area contributed by atoms with Crippen LogP contribution in [0.15, 0.2) is 29.4 Å². The topological polar surface area (TPSA) is 83.7 Å². The summed E-state index contributed by atoms with van der Waals surface area (Å²) in [5.41, 5.74) is 3.27. The number of H-pyrrole nitrogens is 2. The van der Waals surface area contributed by atoms with Gasteiger partial charge in [0.05, 0.1) is 18.4 Å². The Bertz CT molecular complexity index is 919. The zero-order chi connectivity index (χ0) is 18.0. The lowest BCUT2D eigenvalue weighted by Crippen LogP contribution is -2.03. The summed E-state index contributed by atoms with van der Waals surface area (Å²) in [5.74, 6) is 1.50. The number of thioether (sulfide) groups is 1. The number of nitrogens with one attached hydrogen (secondary N) is 2. The molecule has 6 nitrogen and oxygen atoms in total. The normalized spacial score (nSPS) is 10.9. The molecule has 3 rings (SSSR count). The number of Topliss-reactive ketones (excluding diaryl/α,β-unsaturated/α-hetero) is 1. The monoisotopic (exact) mass is 376 g/mol. The molecule has 0 atom stereocenters. The van der Waals surface area contributed by atoms with Crippen LogP contribution in [0.2, 0.25) is 5.02 Å². The number of aromatic nitrogens is 4. The molecule has 2 aromatic heterocycles. The second-order valence-corrected chi connectivity index (χ2v) is 6.89. The molecule has 3 aromatic rings. The van der Waals surface area contributed by atoms with Gasteiger partial charge in [-0.25, -0.2) is 4.98 Å². The van der Waals surface area contributed by atoms with E-state index in [-0.39, 0.29) is 11.5 Å². The van der Waals surface area contributed by atoms with Crippen LogP contribution in [0.4, 0.5) is 0 Å².